The van der Waals surface area contributed by atoms with Gasteiger partial charge in [0.05, 0.1) is 30.3 Å². The number of halogens is 3. The maximum Gasteiger partial charge on any atom is 0.528 e. The number of hydroxylamine groups is 2. The van der Waals surface area contributed by atoms with Crippen LogP contribution in [0.25, 0.3) is 0 Å². The third-order valence-corrected chi connectivity index (χ3v) is 7.89. The minimum absolute atomic E-state index is 0.0623. The lowest BCUT2D eigenvalue weighted by Crippen LogP contribution is -2.38. The van der Waals surface area contributed by atoms with Gasteiger partial charge in [-0.2, -0.15) is 13.2 Å². The first kappa shape index (κ1) is 37.3. The van der Waals surface area contributed by atoms with Gasteiger partial charge in [-0.25, -0.2) is 13.2 Å². The first-order valence-electron chi connectivity index (χ1n) is 15.3. The van der Waals surface area contributed by atoms with Gasteiger partial charge in [-0.05, 0) is 88.8 Å². The number of nitrogens with zero attached hydrogens (tertiary/aromatic N) is 2. The molecule has 0 unspecified atom stereocenters. The number of rotatable bonds is 10. The summed E-state index contributed by atoms with van der Waals surface area (Å²) in [6.45, 7) is 8.17. The second kappa shape index (κ2) is 14.9. The molecule has 1 aliphatic rings. The van der Waals surface area contributed by atoms with Crippen molar-refractivity contribution in [3.63, 3.8) is 0 Å². The molecule has 0 bridgehead atoms. The summed E-state index contributed by atoms with van der Waals surface area (Å²) in [5.74, 6) is -0.0117. The molecule has 0 atom stereocenters. The normalized spacial score (nSPS) is 14.6. The number of methoxy groups -OCH3 is 1. The zero-order valence-corrected chi connectivity index (χ0v) is 28.8. The number of aryl methyl sites for hydroxylation is 1. The number of alkyl halides is 3. The zero-order chi connectivity index (χ0) is 36.1. The Labute approximate surface area is 282 Å². The predicted molar refractivity (Wildman–Crippen MR) is 175 cm³/mol. The van der Waals surface area contributed by atoms with Gasteiger partial charge in [0.15, 0.2) is 5.75 Å². The molecule has 1 saturated heterocycles. The van der Waals surface area contributed by atoms with Crippen molar-refractivity contribution in [3.8, 4) is 17.2 Å². The summed E-state index contributed by atoms with van der Waals surface area (Å²) < 4.78 is 83.2. The van der Waals surface area contributed by atoms with E-state index < -0.39 is 50.8 Å². The summed E-state index contributed by atoms with van der Waals surface area (Å²) in [6.07, 6.45) is -0.989. The van der Waals surface area contributed by atoms with Crippen LogP contribution < -0.4 is 19.5 Å². The van der Waals surface area contributed by atoms with Crippen LogP contribution in [0, 0.1) is 12.8 Å². The molecule has 3 aromatic rings. The molecule has 2 heterocycles. The van der Waals surface area contributed by atoms with Crippen LogP contribution in [-0.2, 0) is 32.2 Å². The number of ether oxygens (including phenoxy) is 3. The Balaban J connectivity index is 1.45. The summed E-state index contributed by atoms with van der Waals surface area (Å²) in [5.41, 5.74) is -1.20. The topological polar surface area (TPSA) is 145 Å². The van der Waals surface area contributed by atoms with Crippen LogP contribution in [0.15, 0.2) is 48.7 Å². The lowest BCUT2D eigenvalue weighted by molar-refractivity contribution is -0.155. The predicted octanol–water partition coefficient (Wildman–Crippen LogP) is 6.95. The summed E-state index contributed by atoms with van der Waals surface area (Å²) in [4.78, 5) is 35.0. The number of carbonyl (C=O) groups excluding carboxylic acids is 2. The van der Waals surface area contributed by atoms with E-state index in [1.54, 1.807) is 57.2 Å². The molecule has 1 amide bonds. The van der Waals surface area contributed by atoms with Crippen LogP contribution in [0.4, 0.5) is 29.3 Å². The minimum Gasteiger partial charge on any atom is -0.492 e. The fraction of sp³-hybridized carbons (Fsp3) is 0.424. The van der Waals surface area contributed by atoms with E-state index in [2.05, 4.69) is 10.3 Å². The van der Waals surface area contributed by atoms with Crippen LogP contribution in [0.1, 0.15) is 60.8 Å². The van der Waals surface area contributed by atoms with E-state index in [-0.39, 0.29) is 17.2 Å². The molecule has 12 nitrogen and oxygen atoms in total. The second-order valence-corrected chi connectivity index (χ2v) is 14.4. The van der Waals surface area contributed by atoms with Crippen LogP contribution in [0.2, 0.25) is 0 Å². The van der Waals surface area contributed by atoms with Crippen molar-refractivity contribution in [2.24, 2.45) is 5.92 Å². The highest BCUT2D eigenvalue weighted by Gasteiger charge is 2.33. The van der Waals surface area contributed by atoms with E-state index in [9.17, 15) is 31.2 Å². The highest BCUT2D eigenvalue weighted by Crippen LogP contribution is 2.41. The average Bonchev–Trinajstić information content (AvgIpc) is 2.97. The Hall–Kier alpha value is -4.57. The molecular formula is C33H39F3N4O8S. The molecule has 266 valence electrons. The quantitative estimate of drug-likeness (QED) is 0.212. The highest BCUT2D eigenvalue weighted by molar-refractivity contribution is 7.92. The van der Waals surface area contributed by atoms with Crippen molar-refractivity contribution in [2.75, 3.05) is 36.5 Å². The monoisotopic (exact) mass is 708 g/mol. The Morgan fingerprint density at radius 1 is 1.02 bits per heavy atom. The highest BCUT2D eigenvalue weighted by atomic mass is 32.2. The number of hydrogen-bond acceptors (Lipinski definition) is 10. The number of sulfonamides is 1. The largest absolute Gasteiger partial charge is 0.528 e. The van der Waals surface area contributed by atoms with Crippen molar-refractivity contribution in [3.05, 3.63) is 71.0 Å². The Morgan fingerprint density at radius 3 is 2.31 bits per heavy atom. The maximum atomic E-state index is 13.7. The van der Waals surface area contributed by atoms with Gasteiger partial charge in [-0.15, -0.1) is 5.06 Å². The van der Waals surface area contributed by atoms with Crippen molar-refractivity contribution in [1.82, 2.24) is 10.0 Å². The summed E-state index contributed by atoms with van der Waals surface area (Å²) in [7, 11) is -2.85. The zero-order valence-electron chi connectivity index (χ0n) is 27.9. The molecule has 49 heavy (non-hydrogen) atoms. The molecule has 1 aromatic heterocycles. The lowest BCUT2D eigenvalue weighted by atomic mass is 9.93. The fourth-order valence-corrected chi connectivity index (χ4v) is 5.61. The number of piperidine rings is 1. The molecule has 2 aromatic carbocycles. The van der Waals surface area contributed by atoms with Gasteiger partial charge in [0.25, 0.3) is 5.91 Å². The van der Waals surface area contributed by atoms with Crippen molar-refractivity contribution >= 4 is 33.5 Å². The third kappa shape index (κ3) is 11.0. The number of anilines is 2. The van der Waals surface area contributed by atoms with E-state index in [0.717, 1.165) is 31.9 Å². The number of hydrogen-bond donors (Lipinski definition) is 2. The third-order valence-electron chi connectivity index (χ3n) is 7.29. The van der Waals surface area contributed by atoms with Crippen LogP contribution in [-0.4, -0.2) is 62.6 Å². The molecule has 1 aliphatic heterocycles. The molecule has 0 radical (unpaired) electrons. The number of nitrogens with one attached hydrogen (secondary N) is 2. The van der Waals surface area contributed by atoms with Gasteiger partial charge in [0, 0.05) is 36.6 Å². The average molecular weight is 709 g/mol. The summed E-state index contributed by atoms with van der Waals surface area (Å²) in [6, 6.07) is 9.24. The molecule has 0 saturated carbocycles. The molecule has 2 N–H and O–H groups in total. The maximum absolute atomic E-state index is 13.7. The van der Waals surface area contributed by atoms with Gasteiger partial charge in [-0.1, -0.05) is 6.07 Å². The molecule has 4 rings (SSSR count). The van der Waals surface area contributed by atoms with E-state index in [1.165, 1.54) is 12.1 Å². The molecular weight excluding hydrogens is 669 g/mol. The number of benzene rings is 2. The summed E-state index contributed by atoms with van der Waals surface area (Å²) >= 11 is 0. The number of amides is 1. The van der Waals surface area contributed by atoms with E-state index in [4.69, 9.17) is 19.0 Å². The standard InChI is InChI=1S/C33H39F3N4O8S/c1-20-7-8-22(30(41)38-26-17-23(33(34,35)36)18-27(29(26)45-5)39-49(6,43)44)16-28(20)46-25-9-12-37-24(19-25)15-21-10-13-40(14-11-21)48-31(42)47-32(2,3)4/h7-9,12,16-19,21,39H,10-11,13-15H2,1-6H3,(H,38,41). The number of aromatic nitrogens is 1. The Kier molecular flexibility index (Phi) is 11.3. The van der Waals surface area contributed by atoms with Crippen LogP contribution in [0.3, 0.4) is 0 Å². The minimum atomic E-state index is -4.85. The number of carbonyl (C=O) groups is 2. The van der Waals surface area contributed by atoms with Gasteiger partial charge < -0.3 is 24.4 Å². The first-order valence-corrected chi connectivity index (χ1v) is 17.2. The van der Waals surface area contributed by atoms with E-state index in [1.807, 2.05) is 4.72 Å². The first-order chi connectivity index (χ1) is 22.8. The summed E-state index contributed by atoms with van der Waals surface area (Å²) in [5, 5.41) is 4.00. The molecule has 0 aliphatic carbocycles. The van der Waals surface area contributed by atoms with E-state index in [0.29, 0.717) is 48.7 Å². The molecule has 1 fully saturated rings. The fourth-order valence-electron chi connectivity index (χ4n) is 5.06. The molecule has 0 spiro atoms. The molecule has 16 heteroatoms. The van der Waals surface area contributed by atoms with Gasteiger partial charge in [-0.3, -0.25) is 14.5 Å². The van der Waals surface area contributed by atoms with Gasteiger partial charge in [0.2, 0.25) is 10.0 Å². The second-order valence-electron chi connectivity index (χ2n) is 12.6. The SMILES string of the molecule is COc1c(NC(=O)c2ccc(C)c(Oc3ccnc(CC4CCN(OC(=O)OC(C)(C)C)CC4)c3)c2)cc(C(F)(F)F)cc1NS(C)(=O)=O. The Morgan fingerprint density at radius 2 is 1.69 bits per heavy atom. The van der Waals surface area contributed by atoms with Crippen molar-refractivity contribution in [1.29, 1.82) is 0 Å². The van der Waals surface area contributed by atoms with E-state index >= 15 is 0 Å². The lowest BCUT2D eigenvalue weighted by Gasteiger charge is -2.30. The number of pyridine rings is 1. The Bertz CT molecular complexity index is 1790. The van der Waals surface area contributed by atoms with Crippen molar-refractivity contribution < 1.29 is 50.2 Å². The van der Waals surface area contributed by atoms with Crippen LogP contribution in [0.5, 0.6) is 17.2 Å². The van der Waals surface area contributed by atoms with Gasteiger partial charge in [0.1, 0.15) is 17.1 Å². The van der Waals surface area contributed by atoms with Gasteiger partial charge >= 0.3 is 12.3 Å². The van der Waals surface area contributed by atoms with Crippen molar-refractivity contribution in [2.45, 2.75) is 58.7 Å². The smallest absolute Gasteiger partial charge is 0.492 e. The van der Waals surface area contributed by atoms with Crippen LogP contribution >= 0.6 is 0 Å².